The van der Waals surface area contributed by atoms with E-state index in [9.17, 15) is 14.9 Å². The predicted molar refractivity (Wildman–Crippen MR) is 119 cm³/mol. The predicted octanol–water partition coefficient (Wildman–Crippen LogP) is 3.02. The second-order valence-corrected chi connectivity index (χ2v) is 7.57. The molecule has 0 aromatic heterocycles. The van der Waals surface area contributed by atoms with Gasteiger partial charge in [-0.05, 0) is 42.0 Å². The molecule has 2 aromatic carbocycles. The zero-order chi connectivity index (χ0) is 21.7. The molecule has 0 radical (unpaired) electrons. The van der Waals surface area contributed by atoms with Crippen molar-refractivity contribution in [1.82, 2.24) is 10.2 Å². The number of carbonyl (C=O) groups excluding carboxylic acids is 1. The Balaban J connectivity index is 1.56. The van der Waals surface area contributed by atoms with E-state index in [-0.39, 0.29) is 18.0 Å². The molecule has 0 aliphatic carbocycles. The molecule has 30 heavy (non-hydrogen) atoms. The average Bonchev–Trinajstić information content (AvgIpc) is 2.75. The van der Waals surface area contributed by atoms with Gasteiger partial charge in [0.1, 0.15) is 11.4 Å². The molecule has 1 amide bonds. The normalized spacial score (nSPS) is 13.7. The van der Waals surface area contributed by atoms with E-state index in [4.69, 9.17) is 28.6 Å². The SMILES string of the molecule is COc1ccc(N2CCN(C(=S)NC(=O)Cc3ccc(Cl)cc3)CC2)c([N+](=O)[O-])c1. The minimum absolute atomic E-state index is 0.00152. The fourth-order valence-corrected chi connectivity index (χ4v) is 3.65. The summed E-state index contributed by atoms with van der Waals surface area (Å²) in [4.78, 5) is 27.1. The first kappa shape index (κ1) is 21.8. The van der Waals surface area contributed by atoms with Crippen LogP contribution in [0, 0.1) is 10.1 Å². The number of nitrogens with one attached hydrogen (secondary N) is 1. The number of hydrogen-bond donors (Lipinski definition) is 1. The van der Waals surface area contributed by atoms with Gasteiger partial charge in [0.25, 0.3) is 5.69 Å². The standard InChI is InChI=1S/C20H21ClN4O4S/c1-29-16-6-7-17(18(13-16)25(27)28)23-8-10-24(11-9-23)20(30)22-19(26)12-14-2-4-15(21)5-3-14/h2-7,13H,8-12H2,1H3,(H,22,26,30). The Kier molecular flexibility index (Phi) is 7.07. The number of thiocarbonyl (C=S) groups is 1. The number of anilines is 1. The van der Waals surface area contributed by atoms with Crippen molar-refractivity contribution in [3.05, 3.63) is 63.2 Å². The van der Waals surface area contributed by atoms with E-state index in [1.165, 1.54) is 13.2 Å². The van der Waals surface area contributed by atoms with E-state index < -0.39 is 4.92 Å². The lowest BCUT2D eigenvalue weighted by atomic mass is 10.1. The lowest BCUT2D eigenvalue weighted by Crippen LogP contribution is -2.53. The number of methoxy groups -OCH3 is 1. The maximum absolute atomic E-state index is 12.3. The van der Waals surface area contributed by atoms with Crippen LogP contribution in [0.3, 0.4) is 0 Å². The second-order valence-electron chi connectivity index (χ2n) is 6.74. The smallest absolute Gasteiger partial charge is 0.296 e. The first-order valence-electron chi connectivity index (χ1n) is 9.28. The van der Waals surface area contributed by atoms with Gasteiger partial charge in [-0.3, -0.25) is 14.9 Å². The summed E-state index contributed by atoms with van der Waals surface area (Å²) in [6.07, 6.45) is 0.204. The number of halogens is 1. The molecule has 0 saturated carbocycles. The number of amides is 1. The van der Waals surface area contributed by atoms with Gasteiger partial charge in [-0.15, -0.1) is 0 Å². The van der Waals surface area contributed by atoms with Crippen LogP contribution in [0.2, 0.25) is 5.02 Å². The topological polar surface area (TPSA) is 88.0 Å². The summed E-state index contributed by atoms with van der Waals surface area (Å²) in [7, 11) is 1.47. The molecule has 0 bridgehead atoms. The highest BCUT2D eigenvalue weighted by Gasteiger charge is 2.25. The number of carbonyl (C=O) groups is 1. The van der Waals surface area contributed by atoms with Crippen molar-refractivity contribution >= 4 is 46.2 Å². The first-order valence-corrected chi connectivity index (χ1v) is 10.1. The molecule has 1 aliphatic heterocycles. The van der Waals surface area contributed by atoms with Crippen molar-refractivity contribution in [3.63, 3.8) is 0 Å². The van der Waals surface area contributed by atoms with Gasteiger partial charge < -0.3 is 19.9 Å². The molecule has 1 saturated heterocycles. The number of nitrogens with zero attached hydrogens (tertiary/aromatic N) is 3. The summed E-state index contributed by atoms with van der Waals surface area (Å²) in [5.74, 6) is 0.240. The van der Waals surface area contributed by atoms with Gasteiger partial charge in [0, 0.05) is 31.2 Å². The second kappa shape index (κ2) is 9.73. The largest absolute Gasteiger partial charge is 0.496 e. The fourth-order valence-electron chi connectivity index (χ4n) is 3.22. The third-order valence-corrected chi connectivity index (χ3v) is 5.42. The fraction of sp³-hybridized carbons (Fsp3) is 0.300. The Morgan fingerprint density at radius 1 is 1.20 bits per heavy atom. The zero-order valence-corrected chi connectivity index (χ0v) is 17.9. The molecule has 1 fully saturated rings. The maximum atomic E-state index is 12.3. The highest BCUT2D eigenvalue weighted by molar-refractivity contribution is 7.80. The van der Waals surface area contributed by atoms with Gasteiger partial charge in [0.2, 0.25) is 5.91 Å². The molecule has 3 rings (SSSR count). The van der Waals surface area contributed by atoms with E-state index >= 15 is 0 Å². The van der Waals surface area contributed by atoms with Crippen LogP contribution in [0.4, 0.5) is 11.4 Å². The average molecular weight is 449 g/mol. The minimum Gasteiger partial charge on any atom is -0.496 e. The molecular formula is C20H21ClN4O4S. The number of piperazine rings is 1. The molecule has 0 unspecified atom stereocenters. The van der Waals surface area contributed by atoms with E-state index in [1.807, 2.05) is 9.80 Å². The summed E-state index contributed by atoms with van der Waals surface area (Å²) < 4.78 is 5.09. The first-order chi connectivity index (χ1) is 14.4. The molecule has 0 atom stereocenters. The minimum atomic E-state index is -0.411. The Morgan fingerprint density at radius 2 is 1.87 bits per heavy atom. The molecule has 2 aromatic rings. The number of hydrogen-bond acceptors (Lipinski definition) is 6. The van der Waals surface area contributed by atoms with Gasteiger partial charge in [0.05, 0.1) is 24.5 Å². The molecule has 8 nitrogen and oxygen atoms in total. The Morgan fingerprint density at radius 3 is 2.47 bits per heavy atom. The van der Waals surface area contributed by atoms with Gasteiger partial charge >= 0.3 is 0 Å². The summed E-state index contributed by atoms with van der Waals surface area (Å²) in [6.45, 7) is 2.17. The molecule has 1 aliphatic rings. The van der Waals surface area contributed by atoms with E-state index in [2.05, 4.69) is 5.32 Å². The number of rotatable bonds is 5. The van der Waals surface area contributed by atoms with Crippen LogP contribution >= 0.6 is 23.8 Å². The summed E-state index contributed by atoms with van der Waals surface area (Å²) in [5.41, 5.74) is 1.39. The van der Waals surface area contributed by atoms with Crippen LogP contribution in [-0.4, -0.2) is 54.1 Å². The third kappa shape index (κ3) is 5.37. The van der Waals surface area contributed by atoms with Crippen LogP contribution in [0.15, 0.2) is 42.5 Å². The Labute approximate surface area is 184 Å². The van der Waals surface area contributed by atoms with Crippen molar-refractivity contribution in [3.8, 4) is 5.75 Å². The molecule has 158 valence electrons. The molecule has 1 heterocycles. The third-order valence-electron chi connectivity index (χ3n) is 4.81. The van der Waals surface area contributed by atoms with Crippen LogP contribution in [0.5, 0.6) is 5.75 Å². The van der Waals surface area contributed by atoms with Crippen LogP contribution < -0.4 is 15.0 Å². The van der Waals surface area contributed by atoms with E-state index in [1.54, 1.807) is 36.4 Å². The van der Waals surface area contributed by atoms with Crippen molar-refractivity contribution in [1.29, 1.82) is 0 Å². The number of nitro groups is 1. The van der Waals surface area contributed by atoms with Crippen molar-refractivity contribution in [2.45, 2.75) is 6.42 Å². The van der Waals surface area contributed by atoms with Crippen LogP contribution in [0.1, 0.15) is 5.56 Å². The molecular weight excluding hydrogens is 428 g/mol. The molecule has 10 heteroatoms. The molecule has 0 spiro atoms. The summed E-state index contributed by atoms with van der Waals surface area (Å²) in [6, 6.07) is 11.9. The summed E-state index contributed by atoms with van der Waals surface area (Å²) in [5, 5.41) is 15.2. The van der Waals surface area contributed by atoms with Gasteiger partial charge in [-0.25, -0.2) is 0 Å². The van der Waals surface area contributed by atoms with Crippen LogP contribution in [0.25, 0.3) is 0 Å². The van der Waals surface area contributed by atoms with Gasteiger partial charge in [-0.1, -0.05) is 23.7 Å². The van der Waals surface area contributed by atoms with E-state index in [0.717, 1.165) is 5.56 Å². The Hall–Kier alpha value is -2.91. The number of ether oxygens (including phenoxy) is 1. The molecule has 1 N–H and O–H groups in total. The number of benzene rings is 2. The van der Waals surface area contributed by atoms with Crippen molar-refractivity contribution in [2.75, 3.05) is 38.2 Å². The maximum Gasteiger partial charge on any atom is 0.296 e. The highest BCUT2D eigenvalue weighted by atomic mass is 35.5. The van der Waals surface area contributed by atoms with Crippen molar-refractivity contribution in [2.24, 2.45) is 0 Å². The van der Waals surface area contributed by atoms with E-state index in [0.29, 0.717) is 47.8 Å². The Bertz CT molecular complexity index is 946. The van der Waals surface area contributed by atoms with Crippen LogP contribution in [-0.2, 0) is 11.2 Å². The lowest BCUT2D eigenvalue weighted by Gasteiger charge is -2.37. The summed E-state index contributed by atoms with van der Waals surface area (Å²) >= 11 is 11.2. The van der Waals surface area contributed by atoms with Crippen molar-refractivity contribution < 1.29 is 14.5 Å². The lowest BCUT2D eigenvalue weighted by molar-refractivity contribution is -0.384. The number of nitro benzene ring substituents is 1. The quantitative estimate of drug-likeness (QED) is 0.427. The van der Waals surface area contributed by atoms with Gasteiger partial charge in [-0.2, -0.15) is 0 Å². The van der Waals surface area contributed by atoms with Gasteiger partial charge in [0.15, 0.2) is 5.11 Å². The highest BCUT2D eigenvalue weighted by Crippen LogP contribution is 2.32. The monoisotopic (exact) mass is 448 g/mol. The zero-order valence-electron chi connectivity index (χ0n) is 16.3.